The van der Waals surface area contributed by atoms with Crippen molar-refractivity contribution in [3.05, 3.63) is 54.1 Å². The lowest BCUT2D eigenvalue weighted by Gasteiger charge is -2.03. The van der Waals surface area contributed by atoms with Crippen molar-refractivity contribution in [3.63, 3.8) is 0 Å². The molecule has 0 unspecified atom stereocenters. The Bertz CT molecular complexity index is 410. The van der Waals surface area contributed by atoms with Crippen LogP contribution in [-0.2, 0) is 13.0 Å². The number of hydrogen-bond donors (Lipinski definition) is 1. The van der Waals surface area contributed by atoms with Crippen LogP contribution in [-0.4, -0.2) is 4.98 Å². The molecule has 1 N–H and O–H groups in total. The monoisotopic (exact) mass is 280 g/mol. The van der Waals surface area contributed by atoms with E-state index in [0.717, 1.165) is 13.0 Å². The van der Waals surface area contributed by atoms with E-state index < -0.39 is 0 Å². The molecule has 3 heteroatoms. The first-order valence-electron chi connectivity index (χ1n) is 5.42. The van der Waals surface area contributed by atoms with Crippen LogP contribution in [0.2, 0.25) is 0 Å². The molecule has 0 saturated carbocycles. The first kappa shape index (κ1) is 13.0. The van der Waals surface area contributed by atoms with Crippen LogP contribution in [0.4, 0.5) is 0 Å². The van der Waals surface area contributed by atoms with Crippen LogP contribution in [0.15, 0.2) is 43.0 Å². The number of aromatic amines is 1. The summed E-state index contributed by atoms with van der Waals surface area (Å²) in [4.78, 5) is 3.05. The summed E-state index contributed by atoms with van der Waals surface area (Å²) in [7, 11) is 0. The van der Waals surface area contributed by atoms with Gasteiger partial charge in [-0.2, -0.15) is 0 Å². The number of hydrogen-bond acceptors (Lipinski definition) is 0. The lowest BCUT2D eigenvalue weighted by molar-refractivity contribution is -0.696. The predicted octanol–water partition coefficient (Wildman–Crippen LogP) is -0.753. The van der Waals surface area contributed by atoms with Gasteiger partial charge in [0.15, 0.2) is 0 Å². The van der Waals surface area contributed by atoms with Crippen LogP contribution in [0.3, 0.4) is 0 Å². The van der Waals surface area contributed by atoms with Crippen molar-refractivity contribution in [2.24, 2.45) is 0 Å². The van der Waals surface area contributed by atoms with Crippen LogP contribution in [0.5, 0.6) is 0 Å². The average molecular weight is 281 g/mol. The van der Waals surface area contributed by atoms with Crippen molar-refractivity contribution in [2.75, 3.05) is 0 Å². The normalized spacial score (nSPS) is 9.81. The zero-order valence-corrected chi connectivity index (χ0v) is 11.1. The zero-order valence-electron chi connectivity index (χ0n) is 9.49. The Morgan fingerprint density at radius 1 is 1.25 bits per heavy atom. The molecule has 0 atom stereocenters. The maximum atomic E-state index is 3.05. The number of nitrogens with one attached hydrogen (secondary N) is 1. The molecule has 2 rings (SSSR count). The highest BCUT2D eigenvalue weighted by Gasteiger charge is 1.99. The number of H-pyrrole nitrogens is 1. The quantitative estimate of drug-likeness (QED) is 0.712. The SMILES string of the molecule is Cc1ccccc1CCC[n+]1cc[nH]c1.[Br-]. The van der Waals surface area contributed by atoms with Gasteiger partial charge >= 0.3 is 0 Å². The van der Waals surface area contributed by atoms with Crippen molar-refractivity contribution < 1.29 is 21.5 Å². The van der Waals surface area contributed by atoms with Gasteiger partial charge in [-0.25, -0.2) is 4.57 Å². The molecular formula is C13H17BrN2. The lowest BCUT2D eigenvalue weighted by atomic mass is 10.0. The summed E-state index contributed by atoms with van der Waals surface area (Å²) in [5.41, 5.74) is 2.87. The second kappa shape index (κ2) is 6.48. The average Bonchev–Trinajstić information content (AvgIpc) is 2.74. The highest BCUT2D eigenvalue weighted by atomic mass is 79.9. The summed E-state index contributed by atoms with van der Waals surface area (Å²) >= 11 is 0. The highest BCUT2D eigenvalue weighted by Crippen LogP contribution is 2.09. The van der Waals surface area contributed by atoms with Crippen molar-refractivity contribution in [1.82, 2.24) is 4.98 Å². The summed E-state index contributed by atoms with van der Waals surface area (Å²) in [5.74, 6) is 0. The van der Waals surface area contributed by atoms with Crippen molar-refractivity contribution in [1.29, 1.82) is 0 Å². The number of aromatic nitrogens is 2. The van der Waals surface area contributed by atoms with Gasteiger partial charge in [-0.15, -0.1) is 0 Å². The van der Waals surface area contributed by atoms with E-state index in [2.05, 4.69) is 46.9 Å². The smallest absolute Gasteiger partial charge is 0.241 e. The van der Waals surface area contributed by atoms with Crippen LogP contribution < -0.4 is 21.5 Å². The molecule has 16 heavy (non-hydrogen) atoms. The fourth-order valence-corrected chi connectivity index (χ4v) is 1.80. The van der Waals surface area contributed by atoms with Gasteiger partial charge < -0.3 is 17.0 Å². The van der Waals surface area contributed by atoms with Gasteiger partial charge in [0.25, 0.3) is 0 Å². The molecule has 2 aromatic rings. The highest BCUT2D eigenvalue weighted by molar-refractivity contribution is 5.25. The fourth-order valence-electron chi connectivity index (χ4n) is 1.80. The number of nitrogens with zero attached hydrogens (tertiary/aromatic N) is 1. The van der Waals surface area contributed by atoms with Gasteiger partial charge in [0.05, 0.1) is 6.54 Å². The topological polar surface area (TPSA) is 19.7 Å². The second-order valence-electron chi connectivity index (χ2n) is 3.88. The van der Waals surface area contributed by atoms with Gasteiger partial charge in [-0.05, 0) is 30.9 Å². The molecule has 1 heterocycles. The lowest BCUT2D eigenvalue weighted by Crippen LogP contribution is -3.00. The Labute approximate surface area is 107 Å². The summed E-state index contributed by atoms with van der Waals surface area (Å²) in [6, 6.07) is 8.61. The van der Waals surface area contributed by atoms with Crippen LogP contribution in [0.1, 0.15) is 17.5 Å². The zero-order chi connectivity index (χ0) is 10.5. The van der Waals surface area contributed by atoms with Crippen molar-refractivity contribution in [3.8, 4) is 0 Å². The van der Waals surface area contributed by atoms with Crippen molar-refractivity contribution in [2.45, 2.75) is 26.3 Å². The van der Waals surface area contributed by atoms with E-state index >= 15 is 0 Å². The Morgan fingerprint density at radius 2 is 2.06 bits per heavy atom. The predicted molar refractivity (Wildman–Crippen MR) is 60.5 cm³/mol. The molecule has 86 valence electrons. The third kappa shape index (κ3) is 3.49. The molecule has 0 bridgehead atoms. The van der Waals surface area contributed by atoms with Crippen LogP contribution in [0, 0.1) is 6.92 Å². The molecule has 0 radical (unpaired) electrons. The van der Waals surface area contributed by atoms with Crippen LogP contribution >= 0.6 is 0 Å². The van der Waals surface area contributed by atoms with E-state index in [1.165, 1.54) is 17.5 Å². The van der Waals surface area contributed by atoms with Gasteiger partial charge in [0, 0.05) is 0 Å². The molecule has 0 amide bonds. The minimum atomic E-state index is 0. The fraction of sp³-hybridized carbons (Fsp3) is 0.308. The minimum Gasteiger partial charge on any atom is -1.00 e. The van der Waals surface area contributed by atoms with Gasteiger partial charge in [-0.3, -0.25) is 4.98 Å². The summed E-state index contributed by atoms with van der Waals surface area (Å²) < 4.78 is 2.18. The summed E-state index contributed by atoms with van der Waals surface area (Å²) in [6.07, 6.45) is 8.36. The van der Waals surface area contributed by atoms with Crippen molar-refractivity contribution >= 4 is 0 Å². The number of aryl methyl sites for hydroxylation is 3. The number of rotatable bonds is 4. The van der Waals surface area contributed by atoms with E-state index in [1.807, 2.05) is 12.5 Å². The molecule has 0 aliphatic rings. The minimum absolute atomic E-state index is 0. The molecule has 0 saturated heterocycles. The Kier molecular flexibility index (Phi) is 5.26. The molecule has 1 aromatic heterocycles. The summed E-state index contributed by atoms with van der Waals surface area (Å²) in [6.45, 7) is 3.26. The van der Waals surface area contributed by atoms with E-state index in [4.69, 9.17) is 0 Å². The van der Waals surface area contributed by atoms with E-state index in [0.29, 0.717) is 0 Å². The standard InChI is InChI=1S/C13H16N2.BrH/c1-12-5-2-3-6-13(12)7-4-9-15-10-8-14-11-15;/h2-3,5-6,8,10-11H,4,7,9H2,1H3;1H. The molecule has 0 aliphatic heterocycles. The van der Waals surface area contributed by atoms with Crippen LogP contribution in [0.25, 0.3) is 0 Å². The molecule has 1 aromatic carbocycles. The van der Waals surface area contributed by atoms with E-state index in [9.17, 15) is 0 Å². The molecule has 0 fully saturated rings. The van der Waals surface area contributed by atoms with E-state index in [-0.39, 0.29) is 17.0 Å². The Morgan fingerprint density at radius 3 is 2.75 bits per heavy atom. The van der Waals surface area contributed by atoms with Gasteiger partial charge in [0.2, 0.25) is 6.33 Å². The van der Waals surface area contributed by atoms with Gasteiger partial charge in [0.1, 0.15) is 12.4 Å². The first-order chi connectivity index (χ1) is 7.36. The second-order valence-corrected chi connectivity index (χ2v) is 3.88. The number of halogens is 1. The maximum Gasteiger partial charge on any atom is 0.241 e. The summed E-state index contributed by atoms with van der Waals surface area (Å²) in [5, 5.41) is 0. The molecule has 0 spiro atoms. The number of imidazole rings is 1. The third-order valence-electron chi connectivity index (χ3n) is 2.73. The number of benzene rings is 1. The maximum absolute atomic E-state index is 3.05. The van der Waals surface area contributed by atoms with E-state index in [1.54, 1.807) is 0 Å². The van der Waals surface area contributed by atoms with Gasteiger partial charge in [-0.1, -0.05) is 24.3 Å². The molecule has 2 nitrogen and oxygen atoms in total. The molecule has 0 aliphatic carbocycles. The Hall–Kier alpha value is -1.09. The first-order valence-corrected chi connectivity index (χ1v) is 5.42. The third-order valence-corrected chi connectivity index (χ3v) is 2.73. The Balaban J connectivity index is 0.00000128. The largest absolute Gasteiger partial charge is 1.00 e. The molecular weight excluding hydrogens is 264 g/mol.